The summed E-state index contributed by atoms with van der Waals surface area (Å²) in [6.07, 6.45) is 2.31. The van der Waals surface area contributed by atoms with Gasteiger partial charge in [-0.15, -0.1) is 0 Å². The van der Waals surface area contributed by atoms with E-state index < -0.39 is 5.63 Å². The van der Waals surface area contributed by atoms with Crippen LogP contribution in [0.25, 0.3) is 11.0 Å². The second-order valence-electron chi connectivity index (χ2n) is 4.96. The zero-order chi connectivity index (χ0) is 14.8. The molecular weight excluding hydrogens is 306 g/mol. The van der Waals surface area contributed by atoms with Crippen molar-refractivity contribution >= 4 is 39.3 Å². The van der Waals surface area contributed by atoms with E-state index in [-0.39, 0.29) is 11.3 Å². The van der Waals surface area contributed by atoms with Gasteiger partial charge in [0.05, 0.1) is 10.9 Å². The highest BCUT2D eigenvalue weighted by Crippen LogP contribution is 2.29. The van der Waals surface area contributed by atoms with Crippen molar-refractivity contribution in [1.82, 2.24) is 4.90 Å². The van der Waals surface area contributed by atoms with E-state index in [2.05, 4.69) is 4.90 Å². The summed E-state index contributed by atoms with van der Waals surface area (Å²) in [5.74, 6) is 0.326. The van der Waals surface area contributed by atoms with Gasteiger partial charge < -0.3 is 14.4 Å². The SMILES string of the molecule is O=c1oc2ccccc2c(O)c1CSC(=S)N1CCCC1. The third-order valence-electron chi connectivity index (χ3n) is 3.58. The van der Waals surface area contributed by atoms with Gasteiger partial charge in [0.25, 0.3) is 0 Å². The molecule has 2 aromatic rings. The van der Waals surface area contributed by atoms with Crippen molar-refractivity contribution in [2.75, 3.05) is 13.1 Å². The Balaban J connectivity index is 1.83. The molecular formula is C15H15NO3S2. The Morgan fingerprint density at radius 2 is 2.05 bits per heavy atom. The first-order valence-corrected chi connectivity index (χ1v) is 8.21. The number of thioether (sulfide) groups is 1. The first-order valence-electron chi connectivity index (χ1n) is 6.82. The van der Waals surface area contributed by atoms with E-state index >= 15 is 0 Å². The summed E-state index contributed by atoms with van der Waals surface area (Å²) in [6, 6.07) is 6.97. The van der Waals surface area contributed by atoms with Crippen LogP contribution in [0.5, 0.6) is 5.75 Å². The van der Waals surface area contributed by atoms with Crippen molar-refractivity contribution in [3.8, 4) is 5.75 Å². The Labute approximate surface area is 131 Å². The van der Waals surface area contributed by atoms with Gasteiger partial charge in [0.15, 0.2) is 0 Å². The molecule has 6 heteroatoms. The normalized spacial score (nSPS) is 14.8. The fraction of sp³-hybridized carbons (Fsp3) is 0.333. The van der Waals surface area contributed by atoms with Crippen molar-refractivity contribution in [3.05, 3.63) is 40.2 Å². The summed E-state index contributed by atoms with van der Waals surface area (Å²) in [5, 5.41) is 10.8. The number of aromatic hydroxyl groups is 1. The Bertz CT molecular complexity index is 735. The summed E-state index contributed by atoms with van der Waals surface area (Å²) in [7, 11) is 0. The molecule has 0 amide bonds. The molecule has 4 nitrogen and oxygen atoms in total. The first kappa shape index (κ1) is 14.4. The maximum absolute atomic E-state index is 12.0. The van der Waals surface area contributed by atoms with Gasteiger partial charge in [0, 0.05) is 18.8 Å². The highest BCUT2D eigenvalue weighted by Gasteiger charge is 2.18. The molecule has 3 rings (SSSR count). The maximum Gasteiger partial charge on any atom is 0.344 e. The lowest BCUT2D eigenvalue weighted by molar-refractivity contribution is 0.460. The molecule has 1 fully saturated rings. The molecule has 1 aliphatic rings. The van der Waals surface area contributed by atoms with E-state index in [0.29, 0.717) is 16.7 Å². The molecule has 0 aliphatic carbocycles. The van der Waals surface area contributed by atoms with Gasteiger partial charge in [-0.25, -0.2) is 4.79 Å². The fourth-order valence-corrected chi connectivity index (χ4v) is 3.67. The minimum Gasteiger partial charge on any atom is -0.507 e. The third-order valence-corrected chi connectivity index (χ3v) is 5.13. The second-order valence-corrected chi connectivity index (χ2v) is 6.57. The average Bonchev–Trinajstić information content (AvgIpc) is 3.01. The minimum absolute atomic E-state index is 0.00132. The maximum atomic E-state index is 12.0. The molecule has 0 atom stereocenters. The Morgan fingerprint density at radius 3 is 2.81 bits per heavy atom. The average molecular weight is 321 g/mol. The number of nitrogens with zero attached hydrogens (tertiary/aromatic N) is 1. The Kier molecular flexibility index (Phi) is 4.17. The number of fused-ring (bicyclic) bond motifs is 1. The minimum atomic E-state index is -0.497. The van der Waals surface area contributed by atoms with E-state index in [4.69, 9.17) is 16.6 Å². The molecule has 0 radical (unpaired) electrons. The highest BCUT2D eigenvalue weighted by molar-refractivity contribution is 8.22. The zero-order valence-electron chi connectivity index (χ0n) is 11.4. The lowest BCUT2D eigenvalue weighted by Crippen LogP contribution is -2.23. The molecule has 1 aromatic heterocycles. The summed E-state index contributed by atoms with van der Waals surface area (Å²) >= 11 is 6.77. The van der Waals surface area contributed by atoms with Gasteiger partial charge in [-0.3, -0.25) is 0 Å². The van der Waals surface area contributed by atoms with Crippen molar-refractivity contribution in [3.63, 3.8) is 0 Å². The van der Waals surface area contributed by atoms with E-state index in [1.165, 1.54) is 11.8 Å². The van der Waals surface area contributed by atoms with Crippen LogP contribution in [0.15, 0.2) is 33.5 Å². The van der Waals surface area contributed by atoms with E-state index in [0.717, 1.165) is 30.3 Å². The number of benzene rings is 1. The number of hydrogen-bond donors (Lipinski definition) is 1. The number of para-hydroxylation sites is 1. The predicted octanol–water partition coefficient (Wildman–Crippen LogP) is 3.11. The predicted molar refractivity (Wildman–Crippen MR) is 88.8 cm³/mol. The highest BCUT2D eigenvalue weighted by atomic mass is 32.2. The summed E-state index contributed by atoms with van der Waals surface area (Å²) < 4.78 is 6.02. The fourth-order valence-electron chi connectivity index (χ4n) is 2.42. The largest absolute Gasteiger partial charge is 0.507 e. The van der Waals surface area contributed by atoms with Crippen molar-refractivity contribution in [2.45, 2.75) is 18.6 Å². The van der Waals surface area contributed by atoms with Crippen molar-refractivity contribution < 1.29 is 9.52 Å². The Morgan fingerprint density at radius 1 is 1.33 bits per heavy atom. The van der Waals surface area contributed by atoms with Crippen LogP contribution in [0.2, 0.25) is 0 Å². The molecule has 1 N–H and O–H groups in total. The smallest absolute Gasteiger partial charge is 0.344 e. The molecule has 0 unspecified atom stereocenters. The molecule has 1 aliphatic heterocycles. The standard InChI is InChI=1S/C15H15NO3S2/c17-13-10-5-1-2-6-12(10)19-14(18)11(13)9-21-15(20)16-7-3-4-8-16/h1-2,5-6,17H,3-4,7-9H2. The van der Waals surface area contributed by atoms with Crippen LogP contribution in [0, 0.1) is 0 Å². The van der Waals surface area contributed by atoms with Gasteiger partial charge in [-0.1, -0.05) is 36.1 Å². The number of likely N-dealkylation sites (tertiary alicyclic amines) is 1. The van der Waals surface area contributed by atoms with Gasteiger partial charge in [0.1, 0.15) is 15.7 Å². The lowest BCUT2D eigenvalue weighted by Gasteiger charge is -2.17. The number of rotatable bonds is 2. The monoisotopic (exact) mass is 321 g/mol. The topological polar surface area (TPSA) is 53.7 Å². The molecule has 2 heterocycles. The summed E-state index contributed by atoms with van der Waals surface area (Å²) in [4.78, 5) is 14.1. The second kappa shape index (κ2) is 6.07. The van der Waals surface area contributed by atoms with E-state index in [1.54, 1.807) is 24.3 Å². The van der Waals surface area contributed by atoms with Crippen LogP contribution in [-0.4, -0.2) is 27.4 Å². The zero-order valence-corrected chi connectivity index (χ0v) is 13.0. The molecule has 0 saturated carbocycles. The van der Waals surface area contributed by atoms with Gasteiger partial charge in [-0.05, 0) is 25.0 Å². The van der Waals surface area contributed by atoms with Gasteiger partial charge >= 0.3 is 5.63 Å². The van der Waals surface area contributed by atoms with E-state index in [9.17, 15) is 9.90 Å². The van der Waals surface area contributed by atoms with Crippen LogP contribution in [0.3, 0.4) is 0 Å². The van der Waals surface area contributed by atoms with Crippen LogP contribution >= 0.6 is 24.0 Å². The van der Waals surface area contributed by atoms with Crippen LogP contribution < -0.4 is 5.63 Å². The van der Waals surface area contributed by atoms with Gasteiger partial charge in [0.2, 0.25) is 0 Å². The molecule has 1 aromatic carbocycles. The van der Waals surface area contributed by atoms with Crippen molar-refractivity contribution in [2.24, 2.45) is 0 Å². The van der Waals surface area contributed by atoms with Crippen molar-refractivity contribution in [1.29, 1.82) is 0 Å². The number of thiocarbonyl (C=S) groups is 1. The number of hydrogen-bond acceptors (Lipinski definition) is 5. The molecule has 110 valence electrons. The first-order chi connectivity index (χ1) is 10.2. The molecule has 0 spiro atoms. The summed E-state index contributed by atoms with van der Waals surface area (Å²) in [6.45, 7) is 1.95. The Hall–Kier alpha value is -1.53. The van der Waals surface area contributed by atoms with E-state index in [1.807, 2.05) is 0 Å². The molecule has 0 bridgehead atoms. The summed E-state index contributed by atoms with van der Waals surface area (Å²) in [5.41, 5.74) is 0.180. The molecule has 21 heavy (non-hydrogen) atoms. The quantitative estimate of drug-likeness (QED) is 0.677. The van der Waals surface area contributed by atoms with Crippen LogP contribution in [-0.2, 0) is 5.75 Å². The third kappa shape index (κ3) is 2.91. The van der Waals surface area contributed by atoms with Crippen LogP contribution in [0.1, 0.15) is 18.4 Å². The van der Waals surface area contributed by atoms with Gasteiger partial charge in [-0.2, -0.15) is 0 Å². The lowest BCUT2D eigenvalue weighted by atomic mass is 10.2. The molecule has 1 saturated heterocycles. The van der Waals surface area contributed by atoms with Crippen LogP contribution in [0.4, 0.5) is 0 Å².